The fraction of sp³-hybridized carbons (Fsp3) is 0.533. The maximum atomic E-state index is 12.3. The highest BCUT2D eigenvalue weighted by Crippen LogP contribution is 2.38. The Morgan fingerprint density at radius 3 is 2.43 bits per heavy atom. The number of primary sulfonamides is 1. The third-order valence-electron chi connectivity index (χ3n) is 4.33. The molecule has 130 valence electrons. The maximum Gasteiger partial charge on any atom is 0.238 e. The number of halogens is 1. The summed E-state index contributed by atoms with van der Waals surface area (Å²) in [6.07, 6.45) is 5.70. The summed E-state index contributed by atoms with van der Waals surface area (Å²) in [5, 5.41) is 7.84. The molecule has 1 fully saturated rings. The van der Waals surface area contributed by atoms with Gasteiger partial charge in [-0.15, -0.1) is 12.4 Å². The van der Waals surface area contributed by atoms with Gasteiger partial charge >= 0.3 is 0 Å². The lowest BCUT2D eigenvalue weighted by molar-refractivity contribution is -0.118. The first-order valence-corrected chi connectivity index (χ1v) is 9.02. The summed E-state index contributed by atoms with van der Waals surface area (Å²) in [6, 6.07) is 5.95. The van der Waals surface area contributed by atoms with Gasteiger partial charge in [-0.2, -0.15) is 0 Å². The van der Waals surface area contributed by atoms with Crippen molar-refractivity contribution in [2.24, 2.45) is 16.3 Å². The van der Waals surface area contributed by atoms with Gasteiger partial charge in [0.05, 0.1) is 4.90 Å². The number of carbonyl (C=O) groups is 1. The molecule has 1 aromatic rings. The van der Waals surface area contributed by atoms with Crippen molar-refractivity contribution in [3.05, 3.63) is 24.3 Å². The van der Waals surface area contributed by atoms with Crippen LogP contribution in [0.3, 0.4) is 0 Å². The molecule has 23 heavy (non-hydrogen) atoms. The predicted octanol–water partition coefficient (Wildman–Crippen LogP) is 1.99. The third kappa shape index (κ3) is 5.46. The molecule has 0 aromatic heterocycles. The summed E-state index contributed by atoms with van der Waals surface area (Å²) in [4.78, 5) is 12.2. The van der Waals surface area contributed by atoms with Gasteiger partial charge in [-0.3, -0.25) is 4.79 Å². The van der Waals surface area contributed by atoms with Crippen LogP contribution in [0.25, 0.3) is 0 Å². The van der Waals surface area contributed by atoms with E-state index < -0.39 is 10.0 Å². The largest absolute Gasteiger partial charge is 0.330 e. The van der Waals surface area contributed by atoms with Crippen molar-refractivity contribution in [2.45, 2.75) is 43.4 Å². The zero-order valence-electron chi connectivity index (χ0n) is 13.0. The van der Waals surface area contributed by atoms with Crippen molar-refractivity contribution >= 4 is 34.0 Å². The van der Waals surface area contributed by atoms with E-state index in [-0.39, 0.29) is 28.6 Å². The van der Waals surface area contributed by atoms with Crippen molar-refractivity contribution in [1.29, 1.82) is 0 Å². The van der Waals surface area contributed by atoms with Gasteiger partial charge < -0.3 is 11.1 Å². The number of rotatable bonds is 5. The number of amides is 1. The summed E-state index contributed by atoms with van der Waals surface area (Å²) in [7, 11) is -3.78. The average molecular weight is 362 g/mol. The Hall–Kier alpha value is -1.15. The number of hydrogen-bond acceptors (Lipinski definition) is 4. The Bertz CT molecular complexity index is 643. The van der Waals surface area contributed by atoms with Crippen molar-refractivity contribution < 1.29 is 13.2 Å². The number of carbonyl (C=O) groups excluding carboxylic acids is 1. The zero-order valence-corrected chi connectivity index (χ0v) is 14.6. The maximum absolute atomic E-state index is 12.3. The van der Waals surface area contributed by atoms with Gasteiger partial charge in [-0.25, -0.2) is 13.6 Å². The first-order valence-electron chi connectivity index (χ1n) is 7.47. The molecule has 0 aliphatic heterocycles. The molecule has 1 aromatic carbocycles. The number of nitrogens with two attached hydrogens (primary N) is 2. The Labute approximate surface area is 143 Å². The highest BCUT2D eigenvalue weighted by atomic mass is 35.5. The van der Waals surface area contributed by atoms with E-state index in [2.05, 4.69) is 5.32 Å². The molecular weight excluding hydrogens is 338 g/mol. The molecule has 1 saturated carbocycles. The molecule has 0 unspecified atom stereocenters. The molecule has 0 bridgehead atoms. The summed E-state index contributed by atoms with van der Waals surface area (Å²) in [5.74, 6) is -0.140. The molecule has 0 spiro atoms. The normalized spacial score (nSPS) is 17.1. The van der Waals surface area contributed by atoms with E-state index in [0.29, 0.717) is 18.7 Å². The lowest BCUT2D eigenvalue weighted by Gasteiger charge is -2.35. The van der Waals surface area contributed by atoms with Crippen LogP contribution in [-0.4, -0.2) is 20.9 Å². The fourth-order valence-electron chi connectivity index (χ4n) is 3.05. The summed E-state index contributed by atoms with van der Waals surface area (Å²) in [5.41, 5.74) is 6.19. The zero-order chi connectivity index (χ0) is 16.2. The van der Waals surface area contributed by atoms with Gasteiger partial charge in [0.15, 0.2) is 0 Å². The van der Waals surface area contributed by atoms with Crippen LogP contribution in [0.5, 0.6) is 0 Å². The van der Waals surface area contributed by atoms with Crippen LogP contribution in [0.2, 0.25) is 0 Å². The average Bonchev–Trinajstić information content (AvgIpc) is 2.47. The standard InChI is InChI=1S/C15H23N3O3S.ClH/c16-11-15(7-2-1-3-8-15)10-14(19)18-12-5-4-6-13(9-12)22(17,20)21;/h4-6,9H,1-3,7-8,10-11,16H2,(H,18,19)(H2,17,20,21);1H. The Morgan fingerprint density at radius 2 is 1.87 bits per heavy atom. The number of hydrogen-bond donors (Lipinski definition) is 3. The predicted molar refractivity (Wildman–Crippen MR) is 92.9 cm³/mol. The highest BCUT2D eigenvalue weighted by molar-refractivity contribution is 7.89. The minimum absolute atomic E-state index is 0. The smallest absolute Gasteiger partial charge is 0.238 e. The SMILES string of the molecule is Cl.NCC1(CC(=O)Nc2cccc(S(N)(=O)=O)c2)CCCCC1. The van der Waals surface area contributed by atoms with E-state index in [1.165, 1.54) is 18.6 Å². The first-order chi connectivity index (χ1) is 10.3. The van der Waals surface area contributed by atoms with Gasteiger partial charge in [0.1, 0.15) is 0 Å². The van der Waals surface area contributed by atoms with Crippen LogP contribution >= 0.6 is 12.4 Å². The molecule has 0 heterocycles. The molecule has 5 N–H and O–H groups in total. The van der Waals surface area contributed by atoms with Crippen molar-refractivity contribution in [2.75, 3.05) is 11.9 Å². The molecule has 2 rings (SSSR count). The molecule has 1 aliphatic carbocycles. The number of anilines is 1. The summed E-state index contributed by atoms with van der Waals surface area (Å²) >= 11 is 0. The van der Waals surface area contributed by atoms with Gasteiger partial charge in [0.2, 0.25) is 15.9 Å². The second-order valence-corrected chi connectivity index (χ2v) is 7.62. The van der Waals surface area contributed by atoms with Crippen LogP contribution in [0, 0.1) is 5.41 Å². The topological polar surface area (TPSA) is 115 Å². The first kappa shape index (κ1) is 19.9. The molecule has 8 heteroatoms. The second kappa shape index (κ2) is 8.10. The third-order valence-corrected chi connectivity index (χ3v) is 5.24. The Kier molecular flexibility index (Phi) is 7.01. The number of nitrogens with one attached hydrogen (secondary N) is 1. The summed E-state index contributed by atoms with van der Waals surface area (Å²) < 4.78 is 22.7. The molecule has 1 amide bonds. The van der Waals surface area contributed by atoms with E-state index in [1.54, 1.807) is 12.1 Å². The molecule has 0 radical (unpaired) electrons. The van der Waals surface area contributed by atoms with Crippen molar-refractivity contribution in [3.63, 3.8) is 0 Å². The molecule has 1 aliphatic rings. The van der Waals surface area contributed by atoms with Crippen LogP contribution in [0.15, 0.2) is 29.2 Å². The monoisotopic (exact) mass is 361 g/mol. The van der Waals surface area contributed by atoms with Crippen LogP contribution < -0.4 is 16.2 Å². The van der Waals surface area contributed by atoms with E-state index in [9.17, 15) is 13.2 Å². The molecule has 0 saturated heterocycles. The Morgan fingerprint density at radius 1 is 1.22 bits per heavy atom. The van der Waals surface area contributed by atoms with Crippen LogP contribution in [0.1, 0.15) is 38.5 Å². The van der Waals surface area contributed by atoms with E-state index in [1.807, 2.05) is 0 Å². The molecule has 0 atom stereocenters. The van der Waals surface area contributed by atoms with Gasteiger partial charge in [0, 0.05) is 12.1 Å². The molecule has 6 nitrogen and oxygen atoms in total. The minimum Gasteiger partial charge on any atom is -0.330 e. The van der Waals surface area contributed by atoms with Gasteiger partial charge in [-0.05, 0) is 43.0 Å². The quantitative estimate of drug-likeness (QED) is 0.743. The number of sulfonamides is 1. The molecular formula is C15H24ClN3O3S. The lowest BCUT2D eigenvalue weighted by Crippen LogP contribution is -2.36. The van der Waals surface area contributed by atoms with Crippen molar-refractivity contribution in [1.82, 2.24) is 0 Å². The highest BCUT2D eigenvalue weighted by Gasteiger charge is 2.32. The lowest BCUT2D eigenvalue weighted by atomic mass is 9.71. The van der Waals surface area contributed by atoms with E-state index >= 15 is 0 Å². The van der Waals surface area contributed by atoms with Crippen molar-refractivity contribution in [3.8, 4) is 0 Å². The fourth-order valence-corrected chi connectivity index (χ4v) is 3.61. The van der Waals surface area contributed by atoms with Crippen LogP contribution in [0.4, 0.5) is 5.69 Å². The minimum atomic E-state index is -3.78. The second-order valence-electron chi connectivity index (χ2n) is 6.06. The van der Waals surface area contributed by atoms with Crippen LogP contribution in [-0.2, 0) is 14.8 Å². The van der Waals surface area contributed by atoms with Gasteiger partial charge in [-0.1, -0.05) is 25.3 Å². The van der Waals surface area contributed by atoms with Gasteiger partial charge in [0.25, 0.3) is 0 Å². The Balaban J connectivity index is 0.00000264. The number of benzene rings is 1. The van der Waals surface area contributed by atoms with E-state index in [4.69, 9.17) is 10.9 Å². The summed E-state index contributed by atoms with van der Waals surface area (Å²) in [6.45, 7) is 0.498. The van der Waals surface area contributed by atoms with E-state index in [0.717, 1.165) is 25.7 Å².